The number of methoxy groups -OCH3 is 1. The number of hydrogen-bond donors (Lipinski definition) is 1. The van der Waals surface area contributed by atoms with E-state index >= 15 is 0 Å². The zero-order valence-electron chi connectivity index (χ0n) is 20.2. The summed E-state index contributed by atoms with van der Waals surface area (Å²) in [7, 11) is 1.65. The molecule has 4 aromatic rings. The van der Waals surface area contributed by atoms with Crippen LogP contribution in [0, 0.1) is 0 Å². The highest BCUT2D eigenvalue weighted by Gasteiger charge is 2.24. The van der Waals surface area contributed by atoms with Crippen molar-refractivity contribution in [2.75, 3.05) is 26.0 Å². The molecule has 1 aliphatic heterocycles. The highest BCUT2D eigenvalue weighted by Crippen LogP contribution is 2.29. The van der Waals surface area contributed by atoms with Crippen molar-refractivity contribution in [1.29, 1.82) is 0 Å². The minimum absolute atomic E-state index is 0.0112. The molecule has 1 N–H and O–H groups in total. The lowest BCUT2D eigenvalue weighted by Gasteiger charge is -2.17. The standard InChI is InChI=1S/C28H29N5O2S/c1-35-25-14-8-11-22(17-25)27-30-31-28(33(27)24-12-6-3-7-13-24)36-20-26(34)29-23-15-16-32(19-23)18-21-9-4-2-5-10-21/h2-14,17,23H,15-16,18-20H2,1H3,(H,29,34). The summed E-state index contributed by atoms with van der Waals surface area (Å²) in [4.78, 5) is 15.2. The SMILES string of the molecule is COc1cccc(-c2nnc(SCC(=O)NC3CCN(Cc4ccccc4)C3)n2-c2ccccc2)c1. The Labute approximate surface area is 215 Å². The van der Waals surface area contributed by atoms with Gasteiger partial charge in [0.1, 0.15) is 5.75 Å². The summed E-state index contributed by atoms with van der Waals surface area (Å²) in [5.74, 6) is 1.74. The van der Waals surface area contributed by atoms with Crippen molar-refractivity contribution in [1.82, 2.24) is 25.0 Å². The van der Waals surface area contributed by atoms with Gasteiger partial charge in [0, 0.05) is 36.9 Å². The largest absolute Gasteiger partial charge is 0.497 e. The van der Waals surface area contributed by atoms with Crippen LogP contribution in [0.25, 0.3) is 17.1 Å². The molecule has 1 amide bonds. The number of thioether (sulfide) groups is 1. The summed E-state index contributed by atoms with van der Waals surface area (Å²) < 4.78 is 7.38. The lowest BCUT2D eigenvalue weighted by atomic mass is 10.2. The Kier molecular flexibility index (Phi) is 7.64. The average Bonchev–Trinajstić information content (AvgIpc) is 3.55. The van der Waals surface area contributed by atoms with E-state index in [1.54, 1.807) is 7.11 Å². The number of carbonyl (C=O) groups excluding carboxylic acids is 1. The number of benzene rings is 3. The first-order valence-corrected chi connectivity index (χ1v) is 13.0. The molecule has 1 fully saturated rings. The van der Waals surface area contributed by atoms with Crippen LogP contribution in [0.4, 0.5) is 0 Å². The number of nitrogens with zero attached hydrogens (tertiary/aromatic N) is 4. The number of rotatable bonds is 9. The van der Waals surface area contributed by atoms with Crippen molar-refractivity contribution < 1.29 is 9.53 Å². The fourth-order valence-electron chi connectivity index (χ4n) is 4.46. The van der Waals surface area contributed by atoms with E-state index < -0.39 is 0 Å². The van der Waals surface area contributed by atoms with Crippen molar-refractivity contribution in [2.24, 2.45) is 0 Å². The van der Waals surface area contributed by atoms with Gasteiger partial charge < -0.3 is 10.1 Å². The molecule has 0 bridgehead atoms. The van der Waals surface area contributed by atoms with E-state index in [1.165, 1.54) is 17.3 Å². The van der Waals surface area contributed by atoms with Gasteiger partial charge in [-0.2, -0.15) is 0 Å². The third-order valence-electron chi connectivity index (χ3n) is 6.19. The molecule has 2 heterocycles. The minimum atomic E-state index is 0.0112. The molecule has 36 heavy (non-hydrogen) atoms. The first-order chi connectivity index (χ1) is 17.7. The Morgan fingerprint density at radius 1 is 1.03 bits per heavy atom. The smallest absolute Gasteiger partial charge is 0.230 e. The molecule has 1 aromatic heterocycles. The third-order valence-corrected chi connectivity index (χ3v) is 7.12. The molecule has 0 spiro atoms. The van der Waals surface area contributed by atoms with Gasteiger partial charge in [0.25, 0.3) is 0 Å². The summed E-state index contributed by atoms with van der Waals surface area (Å²) in [6.07, 6.45) is 0.962. The fourth-order valence-corrected chi connectivity index (χ4v) is 5.22. The Morgan fingerprint density at radius 3 is 2.58 bits per heavy atom. The van der Waals surface area contributed by atoms with Gasteiger partial charge in [-0.1, -0.05) is 72.4 Å². The molecule has 5 rings (SSSR count). The van der Waals surface area contributed by atoms with Gasteiger partial charge in [-0.15, -0.1) is 10.2 Å². The molecule has 1 aliphatic rings. The van der Waals surface area contributed by atoms with E-state index in [4.69, 9.17) is 4.74 Å². The van der Waals surface area contributed by atoms with Gasteiger partial charge >= 0.3 is 0 Å². The first kappa shape index (κ1) is 24.1. The van der Waals surface area contributed by atoms with Crippen LogP contribution in [0.1, 0.15) is 12.0 Å². The highest BCUT2D eigenvalue weighted by atomic mass is 32.2. The molecule has 7 nitrogen and oxygen atoms in total. The molecule has 1 saturated heterocycles. The second kappa shape index (κ2) is 11.4. The van der Waals surface area contributed by atoms with Crippen LogP contribution in [0.3, 0.4) is 0 Å². The van der Waals surface area contributed by atoms with Gasteiger partial charge in [0.2, 0.25) is 5.91 Å². The van der Waals surface area contributed by atoms with Crippen LogP contribution in [0.5, 0.6) is 5.75 Å². The highest BCUT2D eigenvalue weighted by molar-refractivity contribution is 7.99. The molecule has 0 radical (unpaired) electrons. The van der Waals surface area contributed by atoms with Crippen molar-refractivity contribution in [3.05, 3.63) is 90.5 Å². The van der Waals surface area contributed by atoms with Crippen LogP contribution in [0.15, 0.2) is 90.1 Å². The maximum Gasteiger partial charge on any atom is 0.230 e. The Bertz CT molecular complexity index is 1300. The topological polar surface area (TPSA) is 72.3 Å². The van der Waals surface area contributed by atoms with Crippen LogP contribution in [0.2, 0.25) is 0 Å². The van der Waals surface area contributed by atoms with Crippen LogP contribution < -0.4 is 10.1 Å². The summed E-state index contributed by atoms with van der Waals surface area (Å²) in [6.45, 7) is 2.76. The van der Waals surface area contributed by atoms with E-state index in [0.717, 1.165) is 43.1 Å². The lowest BCUT2D eigenvalue weighted by Crippen LogP contribution is -2.38. The van der Waals surface area contributed by atoms with Gasteiger partial charge in [-0.25, -0.2) is 0 Å². The van der Waals surface area contributed by atoms with Crippen molar-refractivity contribution in [3.8, 4) is 22.8 Å². The Hall–Kier alpha value is -3.62. The molecule has 0 aliphatic carbocycles. The predicted molar refractivity (Wildman–Crippen MR) is 142 cm³/mol. The lowest BCUT2D eigenvalue weighted by molar-refractivity contribution is -0.119. The zero-order valence-corrected chi connectivity index (χ0v) is 21.0. The second-order valence-electron chi connectivity index (χ2n) is 8.77. The van der Waals surface area contributed by atoms with Crippen molar-refractivity contribution in [2.45, 2.75) is 24.2 Å². The van der Waals surface area contributed by atoms with Gasteiger partial charge in [-0.3, -0.25) is 14.3 Å². The number of aromatic nitrogens is 3. The summed E-state index contributed by atoms with van der Waals surface area (Å²) in [5, 5.41) is 12.8. The number of ether oxygens (including phenoxy) is 1. The molecular formula is C28H29N5O2S. The fraction of sp³-hybridized carbons (Fsp3) is 0.250. The summed E-state index contributed by atoms with van der Waals surface area (Å²) in [5.41, 5.74) is 3.13. The quantitative estimate of drug-likeness (QED) is 0.344. The van der Waals surface area contributed by atoms with Crippen LogP contribution in [-0.4, -0.2) is 57.6 Å². The average molecular weight is 500 g/mol. The maximum atomic E-state index is 12.8. The molecule has 184 valence electrons. The number of nitrogens with one attached hydrogen (secondary N) is 1. The monoisotopic (exact) mass is 499 g/mol. The van der Waals surface area contributed by atoms with Crippen molar-refractivity contribution >= 4 is 17.7 Å². The number of likely N-dealkylation sites (tertiary alicyclic amines) is 1. The molecule has 8 heteroatoms. The first-order valence-electron chi connectivity index (χ1n) is 12.0. The molecular weight excluding hydrogens is 470 g/mol. The van der Waals surface area contributed by atoms with Gasteiger partial charge in [0.05, 0.1) is 12.9 Å². The summed E-state index contributed by atoms with van der Waals surface area (Å²) >= 11 is 1.39. The number of hydrogen-bond acceptors (Lipinski definition) is 6. The maximum absolute atomic E-state index is 12.8. The number of amides is 1. The minimum Gasteiger partial charge on any atom is -0.497 e. The van der Waals surface area contributed by atoms with Gasteiger partial charge in [0.15, 0.2) is 11.0 Å². The normalized spacial score (nSPS) is 15.6. The van der Waals surface area contributed by atoms with Crippen molar-refractivity contribution in [3.63, 3.8) is 0 Å². The molecule has 1 unspecified atom stereocenters. The zero-order chi connectivity index (χ0) is 24.7. The van der Waals surface area contributed by atoms with Crippen LogP contribution in [-0.2, 0) is 11.3 Å². The number of carbonyl (C=O) groups is 1. The van der Waals surface area contributed by atoms with Crippen LogP contribution >= 0.6 is 11.8 Å². The molecule has 0 saturated carbocycles. The molecule has 1 atom stereocenters. The van der Waals surface area contributed by atoms with E-state index in [1.807, 2.05) is 65.2 Å². The predicted octanol–water partition coefficient (Wildman–Crippen LogP) is 4.43. The van der Waals surface area contributed by atoms with Gasteiger partial charge in [-0.05, 0) is 36.2 Å². The Morgan fingerprint density at radius 2 is 1.81 bits per heavy atom. The Balaban J connectivity index is 1.25. The van der Waals surface area contributed by atoms with E-state index in [0.29, 0.717) is 11.0 Å². The van der Waals surface area contributed by atoms with E-state index in [2.05, 4.69) is 44.7 Å². The second-order valence-corrected chi connectivity index (χ2v) is 9.71. The van der Waals surface area contributed by atoms with E-state index in [9.17, 15) is 4.79 Å². The molecule has 3 aromatic carbocycles. The number of para-hydroxylation sites is 1. The summed E-state index contributed by atoms with van der Waals surface area (Å²) in [6, 6.07) is 28.3. The van der Waals surface area contributed by atoms with E-state index in [-0.39, 0.29) is 17.7 Å². The third kappa shape index (κ3) is 5.78.